The predicted molar refractivity (Wildman–Crippen MR) is 124 cm³/mol. The maximum absolute atomic E-state index is 13.2. The van der Waals surface area contributed by atoms with Gasteiger partial charge in [-0.05, 0) is 93.8 Å². The summed E-state index contributed by atoms with van der Waals surface area (Å²) in [4.78, 5) is 20.3. The van der Waals surface area contributed by atoms with Crippen molar-refractivity contribution in [1.29, 1.82) is 0 Å². The van der Waals surface area contributed by atoms with Crippen LogP contribution in [0.4, 0.5) is 13.2 Å². The van der Waals surface area contributed by atoms with E-state index in [1.165, 1.54) is 19.3 Å². The predicted octanol–water partition coefficient (Wildman–Crippen LogP) is 5.71. The summed E-state index contributed by atoms with van der Waals surface area (Å²) in [5.74, 6) is 1.63. The molecule has 2 bridgehead atoms. The van der Waals surface area contributed by atoms with E-state index in [1.54, 1.807) is 12.1 Å². The third-order valence-electron chi connectivity index (χ3n) is 8.02. The SMILES string of the molecule is Cc1ccc(C(=O)NC2CC3CCC2C3)c(C2CCN(Cc3ccc(C(F)(F)F)cc3)CC2)n1. The molecule has 3 atom stereocenters. The van der Waals surface area contributed by atoms with E-state index in [9.17, 15) is 18.0 Å². The summed E-state index contributed by atoms with van der Waals surface area (Å²) < 4.78 is 38.4. The number of fused-ring (bicyclic) bond motifs is 2. The normalized spacial score (nSPS) is 25.6. The molecule has 1 aliphatic heterocycles. The zero-order valence-electron chi connectivity index (χ0n) is 19.6. The molecule has 0 spiro atoms. The Morgan fingerprint density at radius 3 is 2.38 bits per heavy atom. The third kappa shape index (κ3) is 4.99. The fourth-order valence-corrected chi connectivity index (χ4v) is 6.17. The Balaban J connectivity index is 1.21. The van der Waals surface area contributed by atoms with Gasteiger partial charge in [0.25, 0.3) is 5.91 Å². The number of aryl methyl sites for hydroxylation is 1. The van der Waals surface area contributed by atoms with Gasteiger partial charge in [0.05, 0.1) is 16.8 Å². The fourth-order valence-electron chi connectivity index (χ4n) is 6.17. The number of nitrogens with one attached hydrogen (secondary N) is 1. The highest BCUT2D eigenvalue weighted by atomic mass is 19.4. The van der Waals surface area contributed by atoms with E-state index in [2.05, 4.69) is 10.2 Å². The van der Waals surface area contributed by atoms with Gasteiger partial charge in [0.15, 0.2) is 0 Å². The van der Waals surface area contributed by atoms with Gasteiger partial charge in [-0.25, -0.2) is 0 Å². The van der Waals surface area contributed by atoms with Crippen LogP contribution < -0.4 is 5.32 Å². The van der Waals surface area contributed by atoms with Crippen LogP contribution in [0, 0.1) is 18.8 Å². The summed E-state index contributed by atoms with van der Waals surface area (Å²) in [7, 11) is 0. The number of hydrogen-bond acceptors (Lipinski definition) is 3. The largest absolute Gasteiger partial charge is 0.416 e. The van der Waals surface area contributed by atoms with Gasteiger partial charge in [0, 0.05) is 24.2 Å². The van der Waals surface area contributed by atoms with E-state index in [4.69, 9.17) is 4.98 Å². The van der Waals surface area contributed by atoms with E-state index >= 15 is 0 Å². The van der Waals surface area contributed by atoms with Crippen LogP contribution in [0.5, 0.6) is 0 Å². The van der Waals surface area contributed by atoms with Gasteiger partial charge in [0.1, 0.15) is 0 Å². The Bertz CT molecular complexity index is 1030. The molecule has 1 saturated heterocycles. The minimum absolute atomic E-state index is 0.00670. The van der Waals surface area contributed by atoms with Crippen LogP contribution in [0.2, 0.25) is 0 Å². The Morgan fingerprint density at radius 2 is 1.76 bits per heavy atom. The lowest BCUT2D eigenvalue weighted by molar-refractivity contribution is -0.137. The molecule has 4 nitrogen and oxygen atoms in total. The number of piperidine rings is 1. The van der Waals surface area contributed by atoms with Gasteiger partial charge in [0.2, 0.25) is 0 Å². The number of halogens is 3. The second-order valence-electron chi connectivity index (χ2n) is 10.4. The Hall–Kier alpha value is -2.41. The van der Waals surface area contributed by atoms with Gasteiger partial charge in [-0.3, -0.25) is 14.7 Å². The number of rotatable bonds is 5. The van der Waals surface area contributed by atoms with Crippen molar-refractivity contribution in [3.05, 3.63) is 64.5 Å². The van der Waals surface area contributed by atoms with Crippen molar-refractivity contribution in [1.82, 2.24) is 15.2 Å². The van der Waals surface area contributed by atoms with Crippen LogP contribution in [0.3, 0.4) is 0 Å². The molecule has 2 heterocycles. The minimum atomic E-state index is -4.31. The molecule has 182 valence electrons. The molecule has 1 amide bonds. The van der Waals surface area contributed by atoms with Crippen molar-refractivity contribution in [2.75, 3.05) is 13.1 Å². The molecule has 5 rings (SSSR count). The summed E-state index contributed by atoms with van der Waals surface area (Å²) >= 11 is 0. The highest BCUT2D eigenvalue weighted by Crippen LogP contribution is 2.44. The van der Waals surface area contributed by atoms with Crippen molar-refractivity contribution < 1.29 is 18.0 Å². The molecule has 34 heavy (non-hydrogen) atoms. The number of pyridine rings is 1. The van der Waals surface area contributed by atoms with E-state index in [0.717, 1.165) is 67.4 Å². The van der Waals surface area contributed by atoms with E-state index in [1.807, 2.05) is 19.1 Å². The van der Waals surface area contributed by atoms with Gasteiger partial charge < -0.3 is 5.32 Å². The molecule has 3 fully saturated rings. The second kappa shape index (κ2) is 9.33. The first-order valence-electron chi connectivity index (χ1n) is 12.4. The molecule has 1 aromatic carbocycles. The standard InChI is InChI=1S/C27H32F3N3O/c1-17-2-9-23(26(34)32-24-15-19-3-6-21(24)14-19)25(31-17)20-10-12-33(13-11-20)16-18-4-7-22(8-5-18)27(28,29)30/h2,4-5,7-9,19-21,24H,3,6,10-16H2,1H3,(H,32,34). The van der Waals surface area contributed by atoms with Crippen LogP contribution in [0.25, 0.3) is 0 Å². The van der Waals surface area contributed by atoms with Gasteiger partial charge in [-0.15, -0.1) is 0 Å². The fraction of sp³-hybridized carbons (Fsp3) is 0.556. The van der Waals surface area contributed by atoms with E-state index in [-0.39, 0.29) is 11.8 Å². The molecule has 7 heteroatoms. The zero-order valence-corrected chi connectivity index (χ0v) is 19.6. The first kappa shape index (κ1) is 23.3. The van der Waals surface area contributed by atoms with Crippen LogP contribution in [-0.4, -0.2) is 34.9 Å². The Labute approximate surface area is 198 Å². The number of carbonyl (C=O) groups excluding carboxylic acids is 1. The number of nitrogens with zero attached hydrogens (tertiary/aromatic N) is 2. The lowest BCUT2D eigenvalue weighted by atomic mass is 9.89. The average molecular weight is 472 g/mol. The van der Waals surface area contributed by atoms with Crippen molar-refractivity contribution >= 4 is 5.91 Å². The molecule has 3 unspecified atom stereocenters. The topological polar surface area (TPSA) is 45.2 Å². The number of likely N-dealkylation sites (tertiary alicyclic amines) is 1. The first-order chi connectivity index (χ1) is 16.3. The summed E-state index contributed by atoms with van der Waals surface area (Å²) in [5, 5.41) is 3.31. The lowest BCUT2D eigenvalue weighted by Gasteiger charge is -2.32. The maximum atomic E-state index is 13.2. The van der Waals surface area contributed by atoms with Crippen molar-refractivity contribution in [3.63, 3.8) is 0 Å². The number of carbonyl (C=O) groups is 1. The molecule has 2 saturated carbocycles. The lowest BCUT2D eigenvalue weighted by Crippen LogP contribution is -2.39. The maximum Gasteiger partial charge on any atom is 0.416 e. The van der Waals surface area contributed by atoms with Crippen LogP contribution in [-0.2, 0) is 12.7 Å². The zero-order chi connectivity index (χ0) is 23.9. The number of benzene rings is 1. The number of aromatic nitrogens is 1. The molecule has 1 N–H and O–H groups in total. The summed E-state index contributed by atoms with van der Waals surface area (Å²) in [6.45, 7) is 4.24. The summed E-state index contributed by atoms with van der Waals surface area (Å²) in [5.41, 5.74) is 2.78. The first-order valence-corrected chi connectivity index (χ1v) is 12.4. The van der Waals surface area contributed by atoms with Crippen LogP contribution in [0.15, 0.2) is 36.4 Å². The Morgan fingerprint density at radius 1 is 1.03 bits per heavy atom. The van der Waals surface area contributed by atoms with Crippen LogP contribution in [0.1, 0.15) is 77.3 Å². The van der Waals surface area contributed by atoms with E-state index in [0.29, 0.717) is 24.1 Å². The molecular weight excluding hydrogens is 439 g/mol. The molecule has 1 aromatic heterocycles. The van der Waals surface area contributed by atoms with E-state index < -0.39 is 11.7 Å². The molecule has 3 aliphatic rings. The monoisotopic (exact) mass is 471 g/mol. The van der Waals surface area contributed by atoms with Gasteiger partial charge >= 0.3 is 6.18 Å². The number of amides is 1. The van der Waals surface area contributed by atoms with Crippen LogP contribution >= 0.6 is 0 Å². The second-order valence-corrected chi connectivity index (χ2v) is 10.4. The Kier molecular flexibility index (Phi) is 6.40. The number of alkyl halides is 3. The highest BCUT2D eigenvalue weighted by molar-refractivity contribution is 5.95. The molecule has 0 radical (unpaired) electrons. The van der Waals surface area contributed by atoms with Gasteiger partial charge in [-0.2, -0.15) is 13.2 Å². The summed E-state index contributed by atoms with van der Waals surface area (Å²) in [6.07, 6.45) is 2.34. The summed E-state index contributed by atoms with van der Waals surface area (Å²) in [6, 6.07) is 9.57. The van der Waals surface area contributed by atoms with Crippen molar-refractivity contribution in [2.45, 2.75) is 70.1 Å². The highest BCUT2D eigenvalue weighted by Gasteiger charge is 2.40. The molecule has 2 aliphatic carbocycles. The molecular formula is C27H32F3N3O. The smallest absolute Gasteiger partial charge is 0.349 e. The quantitative estimate of drug-likeness (QED) is 0.608. The molecule has 2 aromatic rings. The number of hydrogen-bond donors (Lipinski definition) is 1. The van der Waals surface area contributed by atoms with Gasteiger partial charge in [-0.1, -0.05) is 18.6 Å². The minimum Gasteiger partial charge on any atom is -0.349 e. The third-order valence-corrected chi connectivity index (χ3v) is 8.02. The van der Waals surface area contributed by atoms with Crippen molar-refractivity contribution in [3.8, 4) is 0 Å². The van der Waals surface area contributed by atoms with Crippen molar-refractivity contribution in [2.24, 2.45) is 11.8 Å². The average Bonchev–Trinajstić information content (AvgIpc) is 3.43.